The second kappa shape index (κ2) is 9.21. The first-order chi connectivity index (χ1) is 9.74. The lowest BCUT2D eigenvalue weighted by Crippen LogP contribution is -2.48. The molecule has 0 bridgehead atoms. The van der Waals surface area contributed by atoms with Crippen molar-refractivity contribution >= 4 is 0 Å². The minimum Gasteiger partial charge on any atom is -0.0654 e. The monoisotopic (exact) mass is 296 g/mol. The molecule has 0 saturated heterocycles. The van der Waals surface area contributed by atoms with E-state index in [9.17, 15) is 0 Å². The van der Waals surface area contributed by atoms with Gasteiger partial charge in [-0.3, -0.25) is 0 Å². The van der Waals surface area contributed by atoms with Crippen molar-refractivity contribution in [2.45, 2.75) is 120 Å². The zero-order chi connectivity index (χ0) is 16.6. The predicted molar refractivity (Wildman–Crippen MR) is 98.9 cm³/mol. The second-order valence-electron chi connectivity index (χ2n) is 8.53. The summed E-state index contributed by atoms with van der Waals surface area (Å²) in [6.45, 7) is 19.5. The molecule has 0 aliphatic heterocycles. The molecule has 0 aromatic rings. The van der Waals surface area contributed by atoms with E-state index in [2.05, 4.69) is 55.4 Å². The third kappa shape index (κ3) is 5.00. The summed E-state index contributed by atoms with van der Waals surface area (Å²) >= 11 is 0. The maximum Gasteiger partial charge on any atom is -0.0223 e. The third-order valence-corrected chi connectivity index (χ3v) is 6.53. The van der Waals surface area contributed by atoms with Crippen LogP contribution in [0.2, 0.25) is 0 Å². The van der Waals surface area contributed by atoms with Crippen LogP contribution in [0.25, 0.3) is 0 Å². The highest BCUT2D eigenvalue weighted by Crippen LogP contribution is 2.60. The standard InChI is InChI=1S/C21H44/c1-9-13-15-18-21(16-11-3,17-14-10-2)20(8,12-4)19(5,6)7/h9-18H2,1-8H3. The Kier molecular flexibility index (Phi) is 9.21. The molecule has 2 unspecified atom stereocenters. The van der Waals surface area contributed by atoms with Gasteiger partial charge in [-0.25, -0.2) is 0 Å². The van der Waals surface area contributed by atoms with Gasteiger partial charge in [-0.1, -0.05) is 93.9 Å². The van der Waals surface area contributed by atoms with Crippen molar-refractivity contribution in [3.63, 3.8) is 0 Å². The van der Waals surface area contributed by atoms with Crippen molar-refractivity contribution in [3.05, 3.63) is 0 Å². The zero-order valence-electron chi connectivity index (χ0n) is 16.6. The Morgan fingerprint density at radius 1 is 0.571 bits per heavy atom. The van der Waals surface area contributed by atoms with E-state index in [1.165, 1.54) is 64.2 Å². The van der Waals surface area contributed by atoms with Crippen LogP contribution in [0.5, 0.6) is 0 Å². The summed E-state index contributed by atoms with van der Waals surface area (Å²) in [4.78, 5) is 0. The Balaban J connectivity index is 5.56. The van der Waals surface area contributed by atoms with E-state index in [1.54, 1.807) is 0 Å². The summed E-state index contributed by atoms with van der Waals surface area (Å²) in [5, 5.41) is 0. The van der Waals surface area contributed by atoms with Crippen LogP contribution in [-0.4, -0.2) is 0 Å². The Morgan fingerprint density at radius 2 is 1.10 bits per heavy atom. The first-order valence-corrected chi connectivity index (χ1v) is 9.74. The van der Waals surface area contributed by atoms with E-state index in [1.807, 2.05) is 0 Å². The molecule has 0 saturated carbocycles. The quantitative estimate of drug-likeness (QED) is 0.339. The van der Waals surface area contributed by atoms with Gasteiger partial charge in [0.1, 0.15) is 0 Å². The number of hydrogen-bond donors (Lipinski definition) is 0. The molecule has 0 spiro atoms. The average Bonchev–Trinajstić information content (AvgIpc) is 2.42. The molecule has 0 heterocycles. The minimum atomic E-state index is 0.386. The van der Waals surface area contributed by atoms with E-state index < -0.39 is 0 Å². The first kappa shape index (κ1) is 21.0. The van der Waals surface area contributed by atoms with E-state index in [0.717, 1.165) is 0 Å². The summed E-state index contributed by atoms with van der Waals surface area (Å²) < 4.78 is 0. The molecule has 0 aromatic carbocycles. The summed E-state index contributed by atoms with van der Waals surface area (Å²) in [5.41, 5.74) is 1.37. The molecular formula is C21H44. The van der Waals surface area contributed by atoms with Crippen LogP contribution in [-0.2, 0) is 0 Å². The Labute approximate surface area is 136 Å². The SMILES string of the molecule is CCCCCC(CCC)(CCCC)C(C)(CC)C(C)(C)C. The van der Waals surface area contributed by atoms with Gasteiger partial charge in [0.2, 0.25) is 0 Å². The van der Waals surface area contributed by atoms with Gasteiger partial charge in [-0.15, -0.1) is 0 Å². The molecule has 0 aliphatic carbocycles. The van der Waals surface area contributed by atoms with Crippen LogP contribution in [0.3, 0.4) is 0 Å². The van der Waals surface area contributed by atoms with Crippen LogP contribution in [0, 0.1) is 16.2 Å². The molecule has 0 heteroatoms. The maximum atomic E-state index is 2.60. The predicted octanol–water partition coefficient (Wildman–Crippen LogP) is 8.01. The molecule has 0 rings (SSSR count). The van der Waals surface area contributed by atoms with Gasteiger partial charge < -0.3 is 0 Å². The van der Waals surface area contributed by atoms with Crippen molar-refractivity contribution in [3.8, 4) is 0 Å². The van der Waals surface area contributed by atoms with Gasteiger partial charge >= 0.3 is 0 Å². The van der Waals surface area contributed by atoms with Crippen molar-refractivity contribution < 1.29 is 0 Å². The lowest BCUT2D eigenvalue weighted by molar-refractivity contribution is -0.0736. The summed E-state index contributed by atoms with van der Waals surface area (Å²) in [7, 11) is 0. The van der Waals surface area contributed by atoms with E-state index >= 15 is 0 Å². The first-order valence-electron chi connectivity index (χ1n) is 9.74. The molecule has 0 aliphatic rings. The van der Waals surface area contributed by atoms with Crippen molar-refractivity contribution in [2.24, 2.45) is 16.2 Å². The lowest BCUT2D eigenvalue weighted by atomic mass is 9.48. The minimum absolute atomic E-state index is 0.386. The van der Waals surface area contributed by atoms with Crippen molar-refractivity contribution in [1.82, 2.24) is 0 Å². The zero-order valence-corrected chi connectivity index (χ0v) is 16.6. The molecule has 21 heavy (non-hydrogen) atoms. The maximum absolute atomic E-state index is 2.60. The fourth-order valence-corrected chi connectivity index (χ4v) is 4.61. The topological polar surface area (TPSA) is 0 Å². The van der Waals surface area contributed by atoms with Gasteiger partial charge in [0.15, 0.2) is 0 Å². The van der Waals surface area contributed by atoms with Gasteiger partial charge in [0.25, 0.3) is 0 Å². The normalized spacial score (nSPS) is 18.3. The van der Waals surface area contributed by atoms with Gasteiger partial charge in [-0.05, 0) is 41.9 Å². The summed E-state index contributed by atoms with van der Waals surface area (Å²) in [5.74, 6) is 0. The molecule has 2 atom stereocenters. The highest BCUT2D eigenvalue weighted by molar-refractivity contribution is 5.00. The molecule has 0 nitrogen and oxygen atoms in total. The van der Waals surface area contributed by atoms with E-state index in [0.29, 0.717) is 16.2 Å². The van der Waals surface area contributed by atoms with Crippen LogP contribution >= 0.6 is 0 Å². The Morgan fingerprint density at radius 3 is 1.48 bits per heavy atom. The third-order valence-electron chi connectivity index (χ3n) is 6.53. The summed E-state index contributed by atoms with van der Waals surface area (Å²) in [6.07, 6.45) is 13.8. The number of hydrogen-bond acceptors (Lipinski definition) is 0. The fraction of sp³-hybridized carbons (Fsp3) is 1.00. The number of unbranched alkanes of at least 4 members (excludes halogenated alkanes) is 3. The highest BCUT2D eigenvalue weighted by Gasteiger charge is 2.51. The molecule has 0 amide bonds. The molecule has 128 valence electrons. The number of rotatable bonds is 11. The van der Waals surface area contributed by atoms with Crippen LogP contribution < -0.4 is 0 Å². The van der Waals surface area contributed by atoms with Gasteiger partial charge in [0, 0.05) is 0 Å². The van der Waals surface area contributed by atoms with Crippen molar-refractivity contribution in [1.29, 1.82) is 0 Å². The molecular weight excluding hydrogens is 252 g/mol. The Hall–Kier alpha value is 0. The van der Waals surface area contributed by atoms with Crippen molar-refractivity contribution in [2.75, 3.05) is 0 Å². The van der Waals surface area contributed by atoms with Crippen LogP contribution in [0.4, 0.5) is 0 Å². The Bertz CT molecular complexity index is 260. The molecule has 0 aromatic heterocycles. The highest BCUT2D eigenvalue weighted by atomic mass is 14.6. The lowest BCUT2D eigenvalue weighted by Gasteiger charge is -2.57. The fourth-order valence-electron chi connectivity index (χ4n) is 4.61. The van der Waals surface area contributed by atoms with Crippen LogP contribution in [0.1, 0.15) is 120 Å². The smallest absolute Gasteiger partial charge is 0.0223 e. The van der Waals surface area contributed by atoms with Gasteiger partial charge in [0.05, 0.1) is 0 Å². The largest absolute Gasteiger partial charge is 0.0654 e. The second-order valence-corrected chi connectivity index (χ2v) is 8.53. The van der Waals surface area contributed by atoms with Gasteiger partial charge in [-0.2, -0.15) is 0 Å². The molecule has 0 radical (unpaired) electrons. The van der Waals surface area contributed by atoms with Crippen LogP contribution in [0.15, 0.2) is 0 Å². The van der Waals surface area contributed by atoms with E-state index in [4.69, 9.17) is 0 Å². The molecule has 0 fully saturated rings. The summed E-state index contributed by atoms with van der Waals surface area (Å²) in [6, 6.07) is 0. The van der Waals surface area contributed by atoms with E-state index in [-0.39, 0.29) is 0 Å². The molecule has 0 N–H and O–H groups in total. The average molecular weight is 297 g/mol.